The Morgan fingerprint density at radius 3 is 2.13 bits per heavy atom. The summed E-state index contributed by atoms with van der Waals surface area (Å²) in [5.41, 5.74) is 2.59. The third kappa shape index (κ3) is 7.92. The van der Waals surface area contributed by atoms with Gasteiger partial charge in [-0.1, -0.05) is 65.7 Å². The summed E-state index contributed by atoms with van der Waals surface area (Å²) in [4.78, 5) is 15.5. The number of nitrogens with zero attached hydrogens (tertiary/aromatic N) is 2. The van der Waals surface area contributed by atoms with Crippen molar-refractivity contribution in [2.45, 2.75) is 109 Å². The van der Waals surface area contributed by atoms with Gasteiger partial charge in [-0.2, -0.15) is 13.0 Å². The van der Waals surface area contributed by atoms with E-state index >= 15 is 0 Å². The molecule has 0 fully saturated rings. The molecular formula is C37H51N2O6S+. The maximum absolute atomic E-state index is 13.3. The third-order valence-corrected chi connectivity index (χ3v) is 9.98. The molecule has 1 aliphatic heterocycles. The van der Waals surface area contributed by atoms with Crippen molar-refractivity contribution >= 4 is 44.2 Å². The van der Waals surface area contributed by atoms with Gasteiger partial charge < -0.3 is 14.4 Å². The minimum Gasteiger partial charge on any atom is -0.506 e. The van der Waals surface area contributed by atoms with Crippen LogP contribution >= 0.6 is 0 Å². The van der Waals surface area contributed by atoms with Gasteiger partial charge in [-0.05, 0) is 57.0 Å². The van der Waals surface area contributed by atoms with Crippen LogP contribution in [0.15, 0.2) is 56.6 Å². The lowest BCUT2D eigenvalue weighted by Gasteiger charge is -2.25. The van der Waals surface area contributed by atoms with Gasteiger partial charge in [-0.3, -0.25) is 4.55 Å². The monoisotopic (exact) mass is 651 g/mol. The predicted octanol–water partition coefficient (Wildman–Crippen LogP) is 8.60. The molecular weight excluding hydrogens is 600 g/mol. The van der Waals surface area contributed by atoms with E-state index in [1.54, 1.807) is 12.1 Å². The summed E-state index contributed by atoms with van der Waals surface area (Å²) in [6, 6.07) is 10.3. The lowest BCUT2D eigenvalue weighted by molar-refractivity contribution is -0.438. The van der Waals surface area contributed by atoms with Crippen molar-refractivity contribution < 1.29 is 27.1 Å². The molecule has 250 valence electrons. The molecule has 1 aromatic heterocycles. The maximum atomic E-state index is 13.3. The lowest BCUT2D eigenvalue weighted by Crippen LogP contribution is -2.28. The summed E-state index contributed by atoms with van der Waals surface area (Å²) in [5.74, 6) is -0.130. The molecule has 0 bridgehead atoms. The van der Waals surface area contributed by atoms with E-state index in [0.717, 1.165) is 61.4 Å². The van der Waals surface area contributed by atoms with Gasteiger partial charge in [0.25, 0.3) is 10.1 Å². The topological polar surface area (TPSA) is 111 Å². The molecule has 0 unspecified atom stereocenters. The van der Waals surface area contributed by atoms with Crippen molar-refractivity contribution in [2.24, 2.45) is 0 Å². The van der Waals surface area contributed by atoms with E-state index in [-0.39, 0.29) is 16.2 Å². The number of unbranched alkanes of at least 4 members (excludes halogenated alkanes) is 7. The average molecular weight is 652 g/mol. The Labute approximate surface area is 274 Å². The molecule has 2 N–H and O–H groups in total. The van der Waals surface area contributed by atoms with Crippen molar-refractivity contribution in [3.05, 3.63) is 64.0 Å². The highest BCUT2D eigenvalue weighted by molar-refractivity contribution is 7.85. The van der Waals surface area contributed by atoms with Crippen molar-refractivity contribution in [2.75, 3.05) is 24.5 Å². The molecule has 2 aromatic carbocycles. The molecule has 4 rings (SSSR count). The molecule has 8 nitrogen and oxygen atoms in total. The van der Waals surface area contributed by atoms with E-state index < -0.39 is 21.2 Å². The zero-order valence-corrected chi connectivity index (χ0v) is 29.0. The number of hydrogen-bond donors (Lipinski definition) is 2. The zero-order chi connectivity index (χ0) is 33.5. The molecule has 0 aliphatic carbocycles. The number of anilines is 1. The van der Waals surface area contributed by atoms with E-state index in [1.165, 1.54) is 50.7 Å². The Kier molecular flexibility index (Phi) is 11.9. The van der Waals surface area contributed by atoms with E-state index in [2.05, 4.69) is 30.2 Å². The summed E-state index contributed by atoms with van der Waals surface area (Å²) < 4.78 is 41.5. The number of fused-ring (bicyclic) bond motifs is 2. The smallest absolute Gasteiger partial charge is 0.347 e. The molecule has 2 heterocycles. The normalized spacial score (nSPS) is 14.5. The van der Waals surface area contributed by atoms with Crippen LogP contribution in [0.3, 0.4) is 0 Å². The van der Waals surface area contributed by atoms with Gasteiger partial charge in [0, 0.05) is 49.0 Å². The van der Waals surface area contributed by atoms with Crippen LogP contribution < -0.4 is 10.5 Å². The lowest BCUT2D eigenvalue weighted by atomic mass is 9.81. The highest BCUT2D eigenvalue weighted by Crippen LogP contribution is 2.42. The molecule has 46 heavy (non-hydrogen) atoms. The first-order chi connectivity index (χ1) is 21.9. The maximum Gasteiger partial charge on any atom is 0.347 e. The first kappa shape index (κ1) is 35.4. The molecule has 3 aromatic rings. The summed E-state index contributed by atoms with van der Waals surface area (Å²) in [7, 11) is -4.37. The predicted molar refractivity (Wildman–Crippen MR) is 188 cm³/mol. The van der Waals surface area contributed by atoms with Gasteiger partial charge in [0.15, 0.2) is 5.71 Å². The summed E-state index contributed by atoms with van der Waals surface area (Å²) >= 11 is 0. The van der Waals surface area contributed by atoms with Crippen molar-refractivity contribution in [1.29, 1.82) is 0 Å². The minimum atomic E-state index is -4.37. The van der Waals surface area contributed by atoms with Crippen LogP contribution in [0.25, 0.3) is 17.0 Å². The largest absolute Gasteiger partial charge is 0.506 e. The second-order valence-electron chi connectivity index (χ2n) is 12.9. The number of allylic oxidation sites excluding steroid dienone is 1. The van der Waals surface area contributed by atoms with Crippen LogP contribution in [-0.2, 0) is 15.5 Å². The molecule has 0 radical (unpaired) electrons. The van der Waals surface area contributed by atoms with Crippen molar-refractivity contribution in [1.82, 2.24) is 0 Å². The summed E-state index contributed by atoms with van der Waals surface area (Å²) in [5, 5.41) is 11.8. The van der Waals surface area contributed by atoms with E-state index in [9.17, 15) is 22.9 Å². The Hall–Kier alpha value is -3.43. The number of hydrogen-bond acceptors (Lipinski definition) is 6. The fraction of sp³-hybridized carbons (Fsp3) is 0.514. The van der Waals surface area contributed by atoms with Gasteiger partial charge in [-0.25, -0.2) is 4.79 Å². The molecule has 0 spiro atoms. The fourth-order valence-corrected chi connectivity index (χ4v) is 6.90. The Morgan fingerprint density at radius 2 is 1.52 bits per heavy atom. The second-order valence-corrected chi connectivity index (χ2v) is 14.4. The fourth-order valence-electron chi connectivity index (χ4n) is 6.39. The quantitative estimate of drug-likeness (QED) is 0.0651. The third-order valence-electron chi connectivity index (χ3n) is 9.13. The minimum absolute atomic E-state index is 0.0598. The molecule has 0 amide bonds. The van der Waals surface area contributed by atoms with Gasteiger partial charge in [-0.15, -0.1) is 0 Å². The van der Waals surface area contributed by atoms with Crippen molar-refractivity contribution in [3.8, 4) is 5.75 Å². The van der Waals surface area contributed by atoms with E-state index in [1.807, 2.05) is 38.1 Å². The van der Waals surface area contributed by atoms with Crippen LogP contribution in [0.2, 0.25) is 0 Å². The Morgan fingerprint density at radius 1 is 0.870 bits per heavy atom. The van der Waals surface area contributed by atoms with Crippen molar-refractivity contribution in [3.63, 3.8) is 0 Å². The average Bonchev–Trinajstić information content (AvgIpc) is 3.23. The van der Waals surface area contributed by atoms with Crippen LogP contribution in [0.4, 0.5) is 11.4 Å². The van der Waals surface area contributed by atoms with Crippen LogP contribution in [-0.4, -0.2) is 48.0 Å². The highest BCUT2D eigenvalue weighted by atomic mass is 32.2. The molecule has 1 aliphatic rings. The highest BCUT2D eigenvalue weighted by Gasteiger charge is 2.44. The molecule has 0 saturated carbocycles. The van der Waals surface area contributed by atoms with Crippen LogP contribution in [0.5, 0.6) is 5.75 Å². The zero-order valence-electron chi connectivity index (χ0n) is 28.1. The van der Waals surface area contributed by atoms with E-state index in [0.29, 0.717) is 17.5 Å². The van der Waals surface area contributed by atoms with Crippen LogP contribution in [0.1, 0.15) is 110 Å². The molecule has 0 atom stereocenters. The summed E-state index contributed by atoms with van der Waals surface area (Å²) in [6.07, 6.45) is 14.6. The standard InChI is InChI=1S/C37H50N2O6S/c1-6-9-12-14-22-38(23-15-13-10-7-2)27-16-18-29-33(25-27)45-36(41)30(35(29)40)19-21-34-37(4,5)31-26-28(46(42,43)44)17-20-32(31)39(34)24-11-8-3/h16-21,25-26H,6-15,22-24H2,1-5H3,(H,42,43,44)/p+1. The van der Waals surface area contributed by atoms with Crippen LogP contribution in [0, 0.1) is 0 Å². The van der Waals surface area contributed by atoms with Gasteiger partial charge in [0.05, 0.1) is 15.7 Å². The Bertz CT molecular complexity index is 1740. The first-order valence-corrected chi connectivity index (χ1v) is 18.4. The molecule has 0 saturated heterocycles. The SMILES string of the molecule is CCCCCCN(CCCCCC)c1ccc2c(O)c(/C=C/C3=[N+](CCCC)c4ccc(S(=O)(=O)O)cc4C3(C)C)c(=O)oc2c1. The van der Waals surface area contributed by atoms with Gasteiger partial charge in [0.1, 0.15) is 23.4 Å². The number of rotatable bonds is 17. The number of benzene rings is 2. The van der Waals surface area contributed by atoms with Gasteiger partial charge >= 0.3 is 5.63 Å². The molecule has 9 heteroatoms. The Balaban J connectivity index is 1.69. The van der Waals surface area contributed by atoms with E-state index in [4.69, 9.17) is 4.42 Å². The summed E-state index contributed by atoms with van der Waals surface area (Å²) in [6.45, 7) is 13.0. The number of aromatic hydroxyl groups is 1. The second kappa shape index (κ2) is 15.4. The van der Waals surface area contributed by atoms with Gasteiger partial charge in [0.2, 0.25) is 5.69 Å². The first-order valence-electron chi connectivity index (χ1n) is 16.9.